The van der Waals surface area contributed by atoms with Crippen molar-refractivity contribution in [1.82, 2.24) is 4.98 Å². The summed E-state index contributed by atoms with van der Waals surface area (Å²) >= 11 is 11.4. The van der Waals surface area contributed by atoms with Gasteiger partial charge in [0.25, 0.3) is 11.6 Å². The van der Waals surface area contributed by atoms with Crippen LogP contribution in [-0.4, -0.2) is 15.8 Å². The maximum absolute atomic E-state index is 11.9. The number of benzene rings is 1. The van der Waals surface area contributed by atoms with Gasteiger partial charge in [0.1, 0.15) is 15.9 Å². The lowest BCUT2D eigenvalue weighted by molar-refractivity contribution is -0.384. The molecule has 1 aromatic carbocycles. The third kappa shape index (κ3) is 3.23. The van der Waals surface area contributed by atoms with Crippen LogP contribution in [0.25, 0.3) is 0 Å². The van der Waals surface area contributed by atoms with Crippen molar-refractivity contribution >= 4 is 40.5 Å². The Kier molecular flexibility index (Phi) is 4.16. The third-order valence-electron chi connectivity index (χ3n) is 2.35. The molecule has 0 aliphatic heterocycles. The minimum atomic E-state index is -0.605. The second-order valence-electron chi connectivity index (χ2n) is 3.72. The molecule has 1 aromatic heterocycles. The van der Waals surface area contributed by atoms with E-state index < -0.39 is 10.8 Å². The Morgan fingerprint density at radius 2 is 2.00 bits per heavy atom. The predicted molar refractivity (Wildman–Crippen MR) is 75.3 cm³/mol. The van der Waals surface area contributed by atoms with Crippen LogP contribution in [0.3, 0.4) is 0 Å². The van der Waals surface area contributed by atoms with Gasteiger partial charge in [-0.3, -0.25) is 14.9 Å². The van der Waals surface area contributed by atoms with Gasteiger partial charge >= 0.3 is 0 Å². The number of hydrogen-bond donors (Lipinski definition) is 1. The molecule has 6 nitrogen and oxygen atoms in total. The second-order valence-corrected chi connectivity index (χ2v) is 4.52. The molecule has 0 spiro atoms. The lowest BCUT2D eigenvalue weighted by atomic mass is 10.2. The number of amides is 1. The van der Waals surface area contributed by atoms with Crippen molar-refractivity contribution < 1.29 is 9.72 Å². The van der Waals surface area contributed by atoms with E-state index in [9.17, 15) is 14.9 Å². The van der Waals surface area contributed by atoms with Crippen LogP contribution in [0.4, 0.5) is 11.4 Å². The van der Waals surface area contributed by atoms with Crippen LogP contribution in [-0.2, 0) is 0 Å². The smallest absolute Gasteiger partial charge is 0.288 e. The molecule has 0 bridgehead atoms. The number of hydrogen-bond acceptors (Lipinski definition) is 4. The molecule has 0 aliphatic rings. The highest BCUT2D eigenvalue weighted by atomic mass is 35.5. The third-order valence-corrected chi connectivity index (χ3v) is 2.86. The zero-order valence-electron chi connectivity index (χ0n) is 9.84. The van der Waals surface area contributed by atoms with Crippen LogP contribution in [0.15, 0.2) is 36.4 Å². The minimum absolute atomic E-state index is 0.0631. The van der Waals surface area contributed by atoms with Gasteiger partial charge in [-0.05, 0) is 24.3 Å². The number of halogens is 2. The monoisotopic (exact) mass is 311 g/mol. The number of pyridine rings is 1. The number of rotatable bonds is 3. The molecule has 0 saturated carbocycles. The zero-order valence-corrected chi connectivity index (χ0v) is 11.4. The maximum Gasteiger partial charge on any atom is 0.288 e. The minimum Gasteiger partial charge on any atom is -0.321 e. The van der Waals surface area contributed by atoms with Crippen LogP contribution in [0.5, 0.6) is 0 Å². The summed E-state index contributed by atoms with van der Waals surface area (Å²) < 4.78 is 0. The highest BCUT2D eigenvalue weighted by Crippen LogP contribution is 2.27. The maximum atomic E-state index is 11.9. The van der Waals surface area contributed by atoms with Crippen LogP contribution >= 0.6 is 23.2 Å². The molecule has 2 rings (SSSR count). The van der Waals surface area contributed by atoms with E-state index in [4.69, 9.17) is 23.2 Å². The van der Waals surface area contributed by atoms with E-state index in [-0.39, 0.29) is 21.6 Å². The first-order valence-corrected chi connectivity index (χ1v) is 6.11. The number of nitro benzene ring substituents is 1. The highest BCUT2D eigenvalue weighted by molar-refractivity contribution is 6.33. The van der Waals surface area contributed by atoms with Crippen molar-refractivity contribution in [1.29, 1.82) is 0 Å². The number of carbonyl (C=O) groups is 1. The fourth-order valence-electron chi connectivity index (χ4n) is 1.46. The van der Waals surface area contributed by atoms with Gasteiger partial charge in [0.15, 0.2) is 0 Å². The Morgan fingerprint density at radius 3 is 2.60 bits per heavy atom. The molecule has 0 aliphatic carbocycles. The lowest BCUT2D eigenvalue weighted by Gasteiger charge is -2.05. The summed E-state index contributed by atoms with van der Waals surface area (Å²) in [7, 11) is 0. The zero-order chi connectivity index (χ0) is 14.7. The number of carbonyl (C=O) groups excluding carboxylic acids is 1. The van der Waals surface area contributed by atoms with Gasteiger partial charge < -0.3 is 5.32 Å². The Labute approximate surface area is 123 Å². The van der Waals surface area contributed by atoms with E-state index in [1.54, 1.807) is 12.1 Å². The molecule has 0 radical (unpaired) electrons. The molecule has 1 amide bonds. The number of nitrogens with zero attached hydrogens (tertiary/aromatic N) is 2. The summed E-state index contributed by atoms with van der Waals surface area (Å²) in [5.74, 6) is -0.489. The van der Waals surface area contributed by atoms with Crippen molar-refractivity contribution in [3.05, 3.63) is 62.4 Å². The number of anilines is 1. The molecule has 1 heterocycles. The van der Waals surface area contributed by atoms with Crippen LogP contribution in [0.1, 0.15) is 10.5 Å². The second kappa shape index (κ2) is 5.85. The number of nitrogens with one attached hydrogen (secondary N) is 1. The summed E-state index contributed by atoms with van der Waals surface area (Å²) in [5, 5.41) is 13.3. The van der Waals surface area contributed by atoms with Crippen LogP contribution < -0.4 is 5.32 Å². The normalized spacial score (nSPS) is 10.1. The molecule has 20 heavy (non-hydrogen) atoms. The van der Waals surface area contributed by atoms with Crippen molar-refractivity contribution in [2.75, 3.05) is 5.32 Å². The molecular weight excluding hydrogens is 305 g/mol. The molecule has 2 aromatic rings. The van der Waals surface area contributed by atoms with Crippen LogP contribution in [0, 0.1) is 10.1 Å². The van der Waals surface area contributed by atoms with Gasteiger partial charge in [0.05, 0.1) is 4.92 Å². The summed E-state index contributed by atoms with van der Waals surface area (Å²) in [4.78, 5) is 25.8. The first-order chi connectivity index (χ1) is 9.47. The molecule has 1 N–H and O–H groups in total. The molecule has 102 valence electrons. The van der Waals surface area contributed by atoms with Crippen molar-refractivity contribution in [3.63, 3.8) is 0 Å². The quantitative estimate of drug-likeness (QED) is 0.533. The van der Waals surface area contributed by atoms with E-state index in [1.165, 1.54) is 24.3 Å². The van der Waals surface area contributed by atoms with Crippen molar-refractivity contribution in [3.8, 4) is 0 Å². The van der Waals surface area contributed by atoms with Crippen molar-refractivity contribution in [2.45, 2.75) is 0 Å². The van der Waals surface area contributed by atoms with Gasteiger partial charge in [-0.25, -0.2) is 4.98 Å². The predicted octanol–water partition coefficient (Wildman–Crippen LogP) is 3.55. The molecule has 0 atom stereocenters. The summed E-state index contributed by atoms with van der Waals surface area (Å²) in [5.41, 5.74) is 0.227. The molecule has 0 fully saturated rings. The fraction of sp³-hybridized carbons (Fsp3) is 0. The summed E-state index contributed by atoms with van der Waals surface area (Å²) in [6, 6.07) is 8.51. The Hall–Kier alpha value is -2.18. The van der Waals surface area contributed by atoms with Gasteiger partial charge in [-0.1, -0.05) is 29.3 Å². The SMILES string of the molecule is O=C(Nc1ccc([N+](=O)[O-])c(Cl)c1)c1cccc(Cl)n1. The Balaban J connectivity index is 2.20. The van der Waals surface area contributed by atoms with E-state index in [1.807, 2.05) is 0 Å². The Bertz CT molecular complexity index is 691. The van der Waals surface area contributed by atoms with E-state index in [0.717, 1.165) is 0 Å². The average molecular weight is 312 g/mol. The van der Waals surface area contributed by atoms with Crippen molar-refractivity contribution in [2.24, 2.45) is 0 Å². The van der Waals surface area contributed by atoms with E-state index >= 15 is 0 Å². The molecule has 0 unspecified atom stereocenters. The molecular formula is C12H7Cl2N3O3. The van der Waals surface area contributed by atoms with Gasteiger partial charge in [0, 0.05) is 11.8 Å². The number of aromatic nitrogens is 1. The lowest BCUT2D eigenvalue weighted by Crippen LogP contribution is -2.13. The Morgan fingerprint density at radius 1 is 1.25 bits per heavy atom. The van der Waals surface area contributed by atoms with Gasteiger partial charge in [0.2, 0.25) is 0 Å². The summed E-state index contributed by atoms with van der Waals surface area (Å²) in [6.07, 6.45) is 0. The largest absolute Gasteiger partial charge is 0.321 e. The molecule has 8 heteroatoms. The van der Waals surface area contributed by atoms with E-state index in [0.29, 0.717) is 5.69 Å². The topological polar surface area (TPSA) is 85.1 Å². The summed E-state index contributed by atoms with van der Waals surface area (Å²) in [6.45, 7) is 0. The highest BCUT2D eigenvalue weighted by Gasteiger charge is 2.14. The van der Waals surface area contributed by atoms with Crippen LogP contribution in [0.2, 0.25) is 10.2 Å². The fourth-order valence-corrected chi connectivity index (χ4v) is 1.88. The number of nitro groups is 1. The van der Waals surface area contributed by atoms with Gasteiger partial charge in [-0.15, -0.1) is 0 Å². The standard InChI is InChI=1S/C12H7Cl2N3O3/c13-8-6-7(4-5-10(8)17(19)20)15-12(18)9-2-1-3-11(14)16-9/h1-6H,(H,15,18). The molecule has 0 saturated heterocycles. The average Bonchev–Trinajstić information content (AvgIpc) is 2.38. The van der Waals surface area contributed by atoms with E-state index in [2.05, 4.69) is 10.3 Å². The first kappa shape index (κ1) is 14.2. The van der Waals surface area contributed by atoms with Gasteiger partial charge in [-0.2, -0.15) is 0 Å². The first-order valence-electron chi connectivity index (χ1n) is 5.35.